The van der Waals surface area contributed by atoms with Crippen molar-refractivity contribution in [3.8, 4) is 0 Å². The second-order valence-electron chi connectivity index (χ2n) is 4.36. The fourth-order valence-electron chi connectivity index (χ4n) is 1.54. The number of halogens is 1. The van der Waals surface area contributed by atoms with Gasteiger partial charge in [0.15, 0.2) is 0 Å². The van der Waals surface area contributed by atoms with Gasteiger partial charge in [0.25, 0.3) is 10.0 Å². The molecule has 106 valence electrons. The van der Waals surface area contributed by atoms with Crippen molar-refractivity contribution in [2.75, 3.05) is 23.7 Å². The van der Waals surface area contributed by atoms with Crippen molar-refractivity contribution in [1.29, 1.82) is 0 Å². The van der Waals surface area contributed by atoms with E-state index in [1.54, 1.807) is 24.3 Å². The molecule has 7 heteroatoms. The molecule has 0 saturated heterocycles. The molecule has 0 bridgehead atoms. The Morgan fingerprint density at radius 3 is 2.25 bits per heavy atom. The number of nitrogens with one attached hydrogen (secondary N) is 1. The van der Waals surface area contributed by atoms with Crippen LogP contribution in [0.2, 0.25) is 0 Å². The third-order valence-electron chi connectivity index (χ3n) is 2.58. The van der Waals surface area contributed by atoms with E-state index in [9.17, 15) is 8.42 Å². The zero-order valence-corrected chi connectivity index (χ0v) is 13.4. The fourth-order valence-corrected chi connectivity index (χ4v) is 2.85. The SMILES string of the molecule is CN(C)c1ccc(NS(=O)(=O)c2ccc(Br)cc2)cn1. The van der Waals surface area contributed by atoms with E-state index in [0.717, 1.165) is 10.3 Å². The Labute approximate surface area is 126 Å². The molecule has 0 spiro atoms. The molecular weight excluding hydrogens is 342 g/mol. The monoisotopic (exact) mass is 355 g/mol. The average Bonchev–Trinajstić information content (AvgIpc) is 2.39. The normalized spacial score (nSPS) is 11.2. The van der Waals surface area contributed by atoms with E-state index in [-0.39, 0.29) is 4.90 Å². The molecule has 5 nitrogen and oxygen atoms in total. The Balaban J connectivity index is 2.22. The van der Waals surface area contributed by atoms with Crippen molar-refractivity contribution in [3.63, 3.8) is 0 Å². The van der Waals surface area contributed by atoms with Crippen molar-refractivity contribution < 1.29 is 8.42 Å². The van der Waals surface area contributed by atoms with Crippen LogP contribution in [0.15, 0.2) is 52.0 Å². The summed E-state index contributed by atoms with van der Waals surface area (Å²) in [5, 5.41) is 0. The molecule has 0 radical (unpaired) electrons. The van der Waals surface area contributed by atoms with Crippen LogP contribution in [0.3, 0.4) is 0 Å². The van der Waals surface area contributed by atoms with Crippen molar-refractivity contribution in [2.45, 2.75) is 4.90 Å². The zero-order valence-electron chi connectivity index (χ0n) is 11.0. The van der Waals surface area contributed by atoms with Gasteiger partial charge >= 0.3 is 0 Å². The standard InChI is InChI=1S/C13H14BrN3O2S/c1-17(2)13-8-5-11(9-15-13)16-20(18,19)12-6-3-10(14)4-7-12/h3-9,16H,1-2H3. The minimum absolute atomic E-state index is 0.206. The Bertz CT molecular complexity index is 683. The highest BCUT2D eigenvalue weighted by Crippen LogP contribution is 2.19. The Hall–Kier alpha value is -1.60. The number of benzene rings is 1. The third kappa shape index (κ3) is 3.49. The summed E-state index contributed by atoms with van der Waals surface area (Å²) in [4.78, 5) is 6.21. The topological polar surface area (TPSA) is 62.3 Å². The predicted molar refractivity (Wildman–Crippen MR) is 83.5 cm³/mol. The highest BCUT2D eigenvalue weighted by molar-refractivity contribution is 9.10. The van der Waals surface area contributed by atoms with E-state index in [1.165, 1.54) is 18.3 Å². The highest BCUT2D eigenvalue weighted by Gasteiger charge is 2.14. The van der Waals surface area contributed by atoms with Crippen LogP contribution in [0.4, 0.5) is 11.5 Å². The second kappa shape index (κ2) is 5.80. The first-order valence-electron chi connectivity index (χ1n) is 5.80. The van der Waals surface area contributed by atoms with Gasteiger partial charge in [-0.05, 0) is 36.4 Å². The molecule has 0 aliphatic rings. The van der Waals surface area contributed by atoms with E-state index in [0.29, 0.717) is 5.69 Å². The van der Waals surface area contributed by atoms with E-state index < -0.39 is 10.0 Å². The van der Waals surface area contributed by atoms with Crippen molar-refractivity contribution in [2.24, 2.45) is 0 Å². The average molecular weight is 356 g/mol. The maximum atomic E-state index is 12.2. The molecule has 0 saturated carbocycles. The van der Waals surface area contributed by atoms with Crippen LogP contribution in [0.1, 0.15) is 0 Å². The van der Waals surface area contributed by atoms with Gasteiger partial charge in [0.05, 0.1) is 16.8 Å². The summed E-state index contributed by atoms with van der Waals surface area (Å²) in [7, 11) is 0.150. The molecule has 2 aromatic rings. The van der Waals surface area contributed by atoms with E-state index >= 15 is 0 Å². The van der Waals surface area contributed by atoms with Gasteiger partial charge in [-0.3, -0.25) is 4.72 Å². The highest BCUT2D eigenvalue weighted by atomic mass is 79.9. The molecule has 0 fully saturated rings. The van der Waals surface area contributed by atoms with Gasteiger partial charge in [0.1, 0.15) is 5.82 Å². The largest absolute Gasteiger partial charge is 0.363 e. The summed E-state index contributed by atoms with van der Waals surface area (Å²) in [6.45, 7) is 0. The van der Waals surface area contributed by atoms with Crippen LogP contribution in [0, 0.1) is 0 Å². The molecule has 1 N–H and O–H groups in total. The second-order valence-corrected chi connectivity index (χ2v) is 6.96. The molecular formula is C13H14BrN3O2S. The van der Waals surface area contributed by atoms with Gasteiger partial charge in [-0.15, -0.1) is 0 Å². The van der Waals surface area contributed by atoms with Gasteiger partial charge in [-0.25, -0.2) is 13.4 Å². The lowest BCUT2D eigenvalue weighted by Gasteiger charge is -2.12. The molecule has 1 aromatic heterocycles. The first-order chi connectivity index (χ1) is 9.38. The molecule has 0 aliphatic heterocycles. The number of hydrogen-bond donors (Lipinski definition) is 1. The lowest BCUT2D eigenvalue weighted by Crippen LogP contribution is -2.14. The van der Waals surface area contributed by atoms with Gasteiger partial charge in [0, 0.05) is 18.6 Å². The molecule has 1 heterocycles. The quantitative estimate of drug-likeness (QED) is 0.915. The summed E-state index contributed by atoms with van der Waals surface area (Å²) in [6.07, 6.45) is 1.49. The molecule has 0 amide bonds. The van der Waals surface area contributed by atoms with E-state index in [2.05, 4.69) is 25.6 Å². The first-order valence-corrected chi connectivity index (χ1v) is 8.08. The van der Waals surface area contributed by atoms with Gasteiger partial charge in [-0.2, -0.15) is 0 Å². The summed E-state index contributed by atoms with van der Waals surface area (Å²) in [5.74, 6) is 0.761. The van der Waals surface area contributed by atoms with Crippen LogP contribution in [-0.4, -0.2) is 27.5 Å². The van der Waals surface area contributed by atoms with E-state index in [1.807, 2.05) is 19.0 Å². The summed E-state index contributed by atoms with van der Waals surface area (Å²) in [5.41, 5.74) is 0.429. The number of hydrogen-bond acceptors (Lipinski definition) is 4. The summed E-state index contributed by atoms with van der Waals surface area (Å²) >= 11 is 3.27. The van der Waals surface area contributed by atoms with Crippen molar-refractivity contribution in [3.05, 3.63) is 47.1 Å². The third-order valence-corrected chi connectivity index (χ3v) is 4.51. The molecule has 1 aromatic carbocycles. The molecule has 20 heavy (non-hydrogen) atoms. The van der Waals surface area contributed by atoms with Gasteiger partial charge in [0.2, 0.25) is 0 Å². The first kappa shape index (κ1) is 14.8. The predicted octanol–water partition coefficient (Wildman–Crippen LogP) is 2.71. The van der Waals surface area contributed by atoms with Crippen LogP contribution in [-0.2, 0) is 10.0 Å². The maximum absolute atomic E-state index is 12.2. The molecule has 0 unspecified atom stereocenters. The number of pyridine rings is 1. The van der Waals surface area contributed by atoms with Crippen LogP contribution in [0.5, 0.6) is 0 Å². The lowest BCUT2D eigenvalue weighted by molar-refractivity contribution is 0.601. The number of anilines is 2. The Morgan fingerprint density at radius 1 is 1.10 bits per heavy atom. The summed E-state index contributed by atoms with van der Waals surface area (Å²) in [6, 6.07) is 9.87. The Morgan fingerprint density at radius 2 is 1.75 bits per heavy atom. The molecule has 0 atom stereocenters. The van der Waals surface area contributed by atoms with Crippen LogP contribution in [0.25, 0.3) is 0 Å². The number of rotatable bonds is 4. The zero-order chi connectivity index (χ0) is 14.8. The van der Waals surface area contributed by atoms with Crippen molar-refractivity contribution >= 4 is 37.5 Å². The minimum Gasteiger partial charge on any atom is -0.363 e. The fraction of sp³-hybridized carbons (Fsp3) is 0.154. The van der Waals surface area contributed by atoms with Gasteiger partial charge < -0.3 is 4.90 Å². The number of sulfonamides is 1. The molecule has 0 aliphatic carbocycles. The number of aromatic nitrogens is 1. The lowest BCUT2D eigenvalue weighted by atomic mass is 10.4. The van der Waals surface area contributed by atoms with E-state index in [4.69, 9.17) is 0 Å². The van der Waals surface area contributed by atoms with Crippen LogP contribution >= 0.6 is 15.9 Å². The van der Waals surface area contributed by atoms with Crippen LogP contribution < -0.4 is 9.62 Å². The minimum atomic E-state index is -3.59. The summed E-state index contributed by atoms with van der Waals surface area (Å²) < 4.78 is 27.7. The van der Waals surface area contributed by atoms with Crippen molar-refractivity contribution in [1.82, 2.24) is 4.98 Å². The maximum Gasteiger partial charge on any atom is 0.261 e. The smallest absolute Gasteiger partial charge is 0.261 e. The Kier molecular flexibility index (Phi) is 4.29. The molecule has 2 rings (SSSR count). The number of nitrogens with zero attached hydrogens (tertiary/aromatic N) is 2. The van der Waals surface area contributed by atoms with Gasteiger partial charge in [-0.1, -0.05) is 15.9 Å².